The second-order valence-corrected chi connectivity index (χ2v) is 5.14. The van der Waals surface area contributed by atoms with E-state index in [4.69, 9.17) is 21.1 Å². The molecule has 4 nitrogen and oxygen atoms in total. The molecule has 6 heteroatoms. The monoisotopic (exact) mass is 337 g/mol. The Hall–Kier alpha value is -2.27. The average Bonchev–Trinajstić information content (AvgIpc) is 2.56. The lowest BCUT2D eigenvalue weighted by Gasteiger charge is -2.12. The van der Waals surface area contributed by atoms with E-state index in [9.17, 15) is 9.18 Å². The van der Waals surface area contributed by atoms with Crippen molar-refractivity contribution in [2.24, 2.45) is 0 Å². The lowest BCUT2D eigenvalue weighted by molar-refractivity contribution is -0.118. The van der Waals surface area contributed by atoms with Crippen LogP contribution >= 0.6 is 11.6 Å². The Balaban J connectivity index is 1.95. The molecule has 0 spiro atoms. The Kier molecular flexibility index (Phi) is 6.23. The highest BCUT2D eigenvalue weighted by Crippen LogP contribution is 2.26. The highest BCUT2D eigenvalue weighted by Gasteiger charge is 2.11. The number of hydrogen-bond donors (Lipinski definition) is 1. The van der Waals surface area contributed by atoms with E-state index in [-0.39, 0.29) is 17.3 Å². The number of carbonyl (C=O) groups excluding carboxylic acids is 1. The lowest BCUT2D eigenvalue weighted by atomic mass is 10.3. The second-order valence-electron chi connectivity index (χ2n) is 4.73. The van der Waals surface area contributed by atoms with Crippen LogP contribution in [0.25, 0.3) is 0 Å². The number of benzene rings is 2. The van der Waals surface area contributed by atoms with Gasteiger partial charge in [0.2, 0.25) is 0 Å². The molecule has 0 aromatic heterocycles. The highest BCUT2D eigenvalue weighted by atomic mass is 35.5. The predicted molar refractivity (Wildman–Crippen MR) is 87.8 cm³/mol. The van der Waals surface area contributed by atoms with E-state index in [1.54, 1.807) is 24.3 Å². The van der Waals surface area contributed by atoms with Crippen molar-refractivity contribution in [2.75, 3.05) is 18.5 Å². The Bertz CT molecular complexity index is 679. The molecule has 23 heavy (non-hydrogen) atoms. The number of para-hydroxylation sites is 2. The summed E-state index contributed by atoms with van der Waals surface area (Å²) in [5.74, 6) is -0.135. The molecule has 0 aliphatic heterocycles. The molecule has 122 valence electrons. The van der Waals surface area contributed by atoms with E-state index in [1.807, 2.05) is 13.0 Å². The van der Waals surface area contributed by atoms with Gasteiger partial charge in [-0.25, -0.2) is 4.39 Å². The van der Waals surface area contributed by atoms with Crippen molar-refractivity contribution in [1.82, 2.24) is 0 Å². The number of halogens is 2. The zero-order valence-corrected chi connectivity index (χ0v) is 13.4. The summed E-state index contributed by atoms with van der Waals surface area (Å²) in [6.45, 7) is 2.29. The number of nitrogens with one attached hydrogen (secondary N) is 1. The molecule has 0 unspecified atom stereocenters. The third-order valence-corrected chi connectivity index (χ3v) is 3.19. The molecule has 0 saturated carbocycles. The van der Waals surface area contributed by atoms with Crippen LogP contribution in [0.15, 0.2) is 42.5 Å². The molecule has 0 aliphatic rings. The van der Waals surface area contributed by atoms with Crippen molar-refractivity contribution in [3.8, 4) is 11.5 Å². The molecule has 0 radical (unpaired) electrons. The van der Waals surface area contributed by atoms with Gasteiger partial charge in [0.25, 0.3) is 5.91 Å². The summed E-state index contributed by atoms with van der Waals surface area (Å²) in [4.78, 5) is 11.9. The maximum absolute atomic E-state index is 13.7. The Labute approximate surface area is 139 Å². The Morgan fingerprint density at radius 1 is 1.13 bits per heavy atom. The molecule has 2 aromatic carbocycles. The summed E-state index contributed by atoms with van der Waals surface area (Å²) in [7, 11) is 0. The molecule has 0 aliphatic carbocycles. The fourth-order valence-corrected chi connectivity index (χ4v) is 2.01. The third kappa shape index (κ3) is 4.86. The van der Waals surface area contributed by atoms with Crippen molar-refractivity contribution in [3.05, 3.63) is 53.3 Å². The lowest BCUT2D eigenvalue weighted by Crippen LogP contribution is -2.21. The molecule has 0 bridgehead atoms. The van der Waals surface area contributed by atoms with Gasteiger partial charge < -0.3 is 14.8 Å². The summed E-state index contributed by atoms with van der Waals surface area (Å²) in [5.41, 5.74) is 0.0154. The van der Waals surface area contributed by atoms with Gasteiger partial charge in [-0.3, -0.25) is 4.79 Å². The minimum absolute atomic E-state index is 0.0154. The van der Waals surface area contributed by atoms with E-state index in [1.165, 1.54) is 12.1 Å². The van der Waals surface area contributed by atoms with Gasteiger partial charge in [0.05, 0.1) is 17.3 Å². The first-order chi connectivity index (χ1) is 11.1. The molecule has 0 atom stereocenters. The number of amides is 1. The number of hydrogen-bond acceptors (Lipinski definition) is 3. The van der Waals surface area contributed by atoms with E-state index in [0.717, 1.165) is 6.42 Å². The molecule has 0 saturated heterocycles. The van der Waals surface area contributed by atoms with Crippen LogP contribution in [0, 0.1) is 5.82 Å². The fourth-order valence-electron chi connectivity index (χ4n) is 1.83. The van der Waals surface area contributed by atoms with Crippen molar-refractivity contribution in [3.63, 3.8) is 0 Å². The fraction of sp³-hybridized carbons (Fsp3) is 0.235. The van der Waals surface area contributed by atoms with Crippen LogP contribution in [0.3, 0.4) is 0 Å². The maximum Gasteiger partial charge on any atom is 0.262 e. The number of anilines is 1. The van der Waals surface area contributed by atoms with Gasteiger partial charge in [-0.05, 0) is 30.7 Å². The first-order valence-electron chi connectivity index (χ1n) is 7.20. The normalized spacial score (nSPS) is 10.2. The summed E-state index contributed by atoms with van der Waals surface area (Å²) < 4.78 is 24.7. The summed E-state index contributed by atoms with van der Waals surface area (Å²) in [6.07, 6.45) is 0.864. The van der Waals surface area contributed by atoms with Crippen LogP contribution in [0.1, 0.15) is 13.3 Å². The third-order valence-electron chi connectivity index (χ3n) is 2.90. The Morgan fingerprint density at radius 3 is 2.52 bits per heavy atom. The van der Waals surface area contributed by atoms with Crippen LogP contribution in [0.5, 0.6) is 11.5 Å². The zero-order chi connectivity index (χ0) is 16.7. The van der Waals surface area contributed by atoms with Crippen molar-refractivity contribution >= 4 is 23.2 Å². The van der Waals surface area contributed by atoms with Gasteiger partial charge in [0.1, 0.15) is 0 Å². The van der Waals surface area contributed by atoms with Gasteiger partial charge in [-0.1, -0.05) is 36.7 Å². The zero-order valence-electron chi connectivity index (χ0n) is 12.6. The van der Waals surface area contributed by atoms with Crippen LogP contribution in [-0.2, 0) is 4.79 Å². The van der Waals surface area contributed by atoms with Gasteiger partial charge in [0, 0.05) is 0 Å². The SMILES string of the molecule is CCCOc1ccccc1OCC(=O)Nc1cccc(Cl)c1F. The van der Waals surface area contributed by atoms with Crippen LogP contribution in [0.2, 0.25) is 5.02 Å². The molecule has 0 fully saturated rings. The first-order valence-corrected chi connectivity index (χ1v) is 7.58. The molecule has 2 rings (SSSR count). The van der Waals surface area contributed by atoms with Crippen molar-refractivity contribution in [2.45, 2.75) is 13.3 Å². The summed E-state index contributed by atoms with van der Waals surface area (Å²) in [6, 6.07) is 11.5. The van der Waals surface area contributed by atoms with Crippen LogP contribution < -0.4 is 14.8 Å². The van der Waals surface area contributed by atoms with E-state index < -0.39 is 11.7 Å². The first kappa shape index (κ1) is 17.1. The average molecular weight is 338 g/mol. The molecule has 1 amide bonds. The summed E-state index contributed by atoms with van der Waals surface area (Å²) >= 11 is 5.67. The van der Waals surface area contributed by atoms with Gasteiger partial charge in [-0.2, -0.15) is 0 Å². The second kappa shape index (κ2) is 8.39. The number of carbonyl (C=O) groups is 1. The van der Waals surface area contributed by atoms with Gasteiger partial charge in [-0.15, -0.1) is 0 Å². The van der Waals surface area contributed by atoms with Crippen molar-refractivity contribution < 1.29 is 18.7 Å². The standard InChI is InChI=1S/C17H17ClFNO3/c1-2-10-22-14-8-3-4-9-15(14)23-11-16(21)20-13-7-5-6-12(18)17(13)19/h3-9H,2,10-11H2,1H3,(H,20,21). The van der Waals surface area contributed by atoms with Crippen molar-refractivity contribution in [1.29, 1.82) is 0 Å². The molecule has 1 N–H and O–H groups in total. The highest BCUT2D eigenvalue weighted by molar-refractivity contribution is 6.31. The molecular weight excluding hydrogens is 321 g/mol. The van der Waals surface area contributed by atoms with E-state index in [0.29, 0.717) is 18.1 Å². The Morgan fingerprint density at radius 2 is 1.83 bits per heavy atom. The predicted octanol–water partition coefficient (Wildman–Crippen LogP) is 4.29. The van der Waals surface area contributed by atoms with E-state index >= 15 is 0 Å². The molecular formula is C17H17ClFNO3. The van der Waals surface area contributed by atoms with E-state index in [2.05, 4.69) is 5.32 Å². The smallest absolute Gasteiger partial charge is 0.262 e. The quantitative estimate of drug-likeness (QED) is 0.820. The largest absolute Gasteiger partial charge is 0.490 e. The molecule has 0 heterocycles. The topological polar surface area (TPSA) is 47.6 Å². The van der Waals surface area contributed by atoms with Crippen LogP contribution in [-0.4, -0.2) is 19.1 Å². The number of rotatable bonds is 7. The minimum Gasteiger partial charge on any atom is -0.490 e. The minimum atomic E-state index is -0.672. The summed E-state index contributed by atoms with van der Waals surface area (Å²) in [5, 5.41) is 2.37. The molecule has 2 aromatic rings. The van der Waals surface area contributed by atoms with Gasteiger partial charge >= 0.3 is 0 Å². The van der Waals surface area contributed by atoms with Crippen LogP contribution in [0.4, 0.5) is 10.1 Å². The van der Waals surface area contributed by atoms with Gasteiger partial charge in [0.15, 0.2) is 23.9 Å². The number of ether oxygens (including phenoxy) is 2. The maximum atomic E-state index is 13.7.